The fraction of sp³-hybridized carbons (Fsp3) is 0.400. The van der Waals surface area contributed by atoms with Crippen molar-refractivity contribution in [2.45, 2.75) is 29.2 Å². The molecule has 0 N–H and O–H groups in total. The second kappa shape index (κ2) is 7.17. The van der Waals surface area contributed by atoms with Gasteiger partial charge in [-0.05, 0) is 41.8 Å². The molecule has 150 valence electrons. The van der Waals surface area contributed by atoms with Crippen molar-refractivity contribution in [3.05, 3.63) is 59.7 Å². The van der Waals surface area contributed by atoms with Crippen LogP contribution in [0.25, 0.3) is 0 Å². The molecular formula is C20H23NO5S2. The van der Waals surface area contributed by atoms with Gasteiger partial charge < -0.3 is 4.74 Å². The second-order valence-corrected chi connectivity index (χ2v) is 11.7. The van der Waals surface area contributed by atoms with Crippen molar-refractivity contribution in [3.8, 4) is 5.75 Å². The van der Waals surface area contributed by atoms with E-state index in [1.807, 2.05) is 23.1 Å². The van der Waals surface area contributed by atoms with Gasteiger partial charge in [-0.2, -0.15) is 0 Å². The first-order chi connectivity index (χ1) is 13.3. The molecule has 2 aliphatic heterocycles. The summed E-state index contributed by atoms with van der Waals surface area (Å²) in [5, 5.41) is -0.962. The van der Waals surface area contributed by atoms with Gasteiger partial charge >= 0.3 is 0 Å². The fourth-order valence-corrected chi connectivity index (χ4v) is 9.00. The Balaban J connectivity index is 1.66. The molecule has 2 aromatic carbocycles. The van der Waals surface area contributed by atoms with Crippen LogP contribution in [-0.4, -0.2) is 58.2 Å². The molecule has 8 heteroatoms. The normalized spacial score (nSPS) is 24.6. The third-order valence-corrected chi connectivity index (χ3v) is 9.82. The molecule has 28 heavy (non-hydrogen) atoms. The van der Waals surface area contributed by atoms with Gasteiger partial charge in [0.1, 0.15) is 5.75 Å². The molecule has 0 bridgehead atoms. The van der Waals surface area contributed by atoms with Gasteiger partial charge in [0.2, 0.25) is 0 Å². The predicted molar refractivity (Wildman–Crippen MR) is 107 cm³/mol. The Labute approximate surface area is 166 Å². The molecule has 0 spiro atoms. The zero-order valence-electron chi connectivity index (χ0n) is 15.6. The lowest BCUT2D eigenvalue weighted by atomic mass is 9.98. The van der Waals surface area contributed by atoms with E-state index in [-0.39, 0.29) is 16.4 Å². The predicted octanol–water partition coefficient (Wildman–Crippen LogP) is 1.69. The van der Waals surface area contributed by atoms with Crippen molar-refractivity contribution in [2.75, 3.05) is 25.2 Å². The average molecular weight is 422 g/mol. The van der Waals surface area contributed by atoms with Crippen molar-refractivity contribution in [1.29, 1.82) is 0 Å². The monoisotopic (exact) mass is 421 g/mol. The Morgan fingerprint density at radius 2 is 1.68 bits per heavy atom. The number of ether oxygens (including phenoxy) is 1. The number of nitrogens with zero attached hydrogens (tertiary/aromatic N) is 1. The molecule has 0 amide bonds. The van der Waals surface area contributed by atoms with E-state index in [0.717, 1.165) is 12.0 Å². The third-order valence-electron chi connectivity index (χ3n) is 5.69. The molecule has 0 aromatic heterocycles. The minimum atomic E-state index is -3.79. The van der Waals surface area contributed by atoms with Crippen LogP contribution in [0.2, 0.25) is 0 Å². The number of fused-ring (bicyclic) bond motifs is 1. The molecular weight excluding hydrogens is 398 g/mol. The van der Waals surface area contributed by atoms with E-state index in [4.69, 9.17) is 4.74 Å². The lowest BCUT2D eigenvalue weighted by molar-refractivity contribution is 0.195. The first kappa shape index (κ1) is 19.4. The van der Waals surface area contributed by atoms with Gasteiger partial charge in [-0.1, -0.05) is 24.3 Å². The van der Waals surface area contributed by atoms with Crippen LogP contribution >= 0.6 is 0 Å². The lowest BCUT2D eigenvalue weighted by Crippen LogP contribution is -2.48. The molecule has 1 saturated heterocycles. The maximum absolute atomic E-state index is 13.3. The van der Waals surface area contributed by atoms with Crippen LogP contribution < -0.4 is 4.74 Å². The number of sulfone groups is 2. The maximum atomic E-state index is 13.3. The van der Waals surface area contributed by atoms with E-state index >= 15 is 0 Å². The summed E-state index contributed by atoms with van der Waals surface area (Å²) in [6.07, 6.45) is 0.794. The van der Waals surface area contributed by atoms with Gasteiger partial charge in [0.15, 0.2) is 19.7 Å². The molecule has 2 aliphatic rings. The summed E-state index contributed by atoms with van der Waals surface area (Å²) in [5.74, 6) is 0.113. The van der Waals surface area contributed by atoms with Crippen molar-refractivity contribution >= 4 is 19.7 Å². The summed E-state index contributed by atoms with van der Waals surface area (Å²) >= 11 is 0. The highest BCUT2D eigenvalue weighted by atomic mass is 32.2. The Hall–Kier alpha value is -1.90. The molecule has 1 fully saturated rings. The van der Waals surface area contributed by atoms with Gasteiger partial charge in [-0.25, -0.2) is 16.8 Å². The zero-order valence-corrected chi connectivity index (χ0v) is 17.2. The SMILES string of the molecule is COc1ccc(S(=O)(=O)C2CS(=O)(=O)CC2N2CCc3ccccc3C2)cc1. The summed E-state index contributed by atoms with van der Waals surface area (Å²) in [4.78, 5) is 2.16. The largest absolute Gasteiger partial charge is 0.497 e. The summed E-state index contributed by atoms with van der Waals surface area (Å²) in [6.45, 7) is 1.23. The molecule has 6 nitrogen and oxygen atoms in total. The number of hydrogen-bond acceptors (Lipinski definition) is 6. The average Bonchev–Trinajstić information content (AvgIpc) is 3.04. The molecule has 2 unspecified atom stereocenters. The van der Waals surface area contributed by atoms with E-state index in [0.29, 0.717) is 18.8 Å². The Morgan fingerprint density at radius 1 is 1.00 bits per heavy atom. The third kappa shape index (κ3) is 3.56. The Bertz CT molecular complexity index is 1080. The highest BCUT2D eigenvalue weighted by Crippen LogP contribution is 2.32. The molecule has 2 atom stereocenters. The summed E-state index contributed by atoms with van der Waals surface area (Å²) in [5.41, 5.74) is 2.38. The standard InChI is InChI=1S/C20H23NO5S2/c1-26-17-6-8-18(9-7-17)28(24,25)20-14-27(22,23)13-19(20)21-11-10-15-4-2-3-5-16(15)12-21/h2-9,19-20H,10-14H2,1H3. The van der Waals surface area contributed by atoms with Gasteiger partial charge in [0.25, 0.3) is 0 Å². The van der Waals surface area contributed by atoms with Crippen molar-refractivity contribution in [3.63, 3.8) is 0 Å². The molecule has 2 aromatic rings. The van der Waals surface area contributed by atoms with Crippen molar-refractivity contribution in [2.24, 2.45) is 0 Å². The smallest absolute Gasteiger partial charge is 0.183 e. The van der Waals surface area contributed by atoms with E-state index in [1.54, 1.807) is 12.1 Å². The van der Waals surface area contributed by atoms with Crippen LogP contribution in [-0.2, 0) is 32.6 Å². The summed E-state index contributed by atoms with van der Waals surface area (Å²) in [6, 6.07) is 13.7. The highest BCUT2D eigenvalue weighted by molar-refractivity contribution is 7.96. The van der Waals surface area contributed by atoms with Crippen LogP contribution in [0.3, 0.4) is 0 Å². The minimum Gasteiger partial charge on any atom is -0.497 e. The van der Waals surface area contributed by atoms with Crippen molar-refractivity contribution in [1.82, 2.24) is 4.90 Å². The summed E-state index contributed by atoms with van der Waals surface area (Å²) < 4.78 is 56.5. The van der Waals surface area contributed by atoms with E-state index in [1.165, 1.54) is 24.8 Å². The number of methoxy groups -OCH3 is 1. The highest BCUT2D eigenvalue weighted by Gasteiger charge is 2.48. The van der Waals surface area contributed by atoms with E-state index < -0.39 is 31.0 Å². The first-order valence-corrected chi connectivity index (χ1v) is 12.6. The first-order valence-electron chi connectivity index (χ1n) is 9.19. The second-order valence-electron chi connectivity index (χ2n) is 7.39. The van der Waals surface area contributed by atoms with Gasteiger partial charge in [0.05, 0.1) is 28.8 Å². The van der Waals surface area contributed by atoms with E-state index in [2.05, 4.69) is 6.07 Å². The molecule has 0 radical (unpaired) electrons. The molecule has 2 heterocycles. The van der Waals surface area contributed by atoms with Crippen LogP contribution in [0, 0.1) is 0 Å². The maximum Gasteiger partial charge on any atom is 0.183 e. The van der Waals surface area contributed by atoms with Crippen LogP contribution in [0.4, 0.5) is 0 Å². The van der Waals surface area contributed by atoms with Gasteiger partial charge in [0, 0.05) is 19.1 Å². The van der Waals surface area contributed by atoms with E-state index in [9.17, 15) is 16.8 Å². The summed E-state index contributed by atoms with van der Waals surface area (Å²) in [7, 11) is -5.70. The fourth-order valence-electron chi connectivity index (χ4n) is 4.17. The van der Waals surface area contributed by atoms with Crippen molar-refractivity contribution < 1.29 is 21.6 Å². The van der Waals surface area contributed by atoms with Crippen LogP contribution in [0.5, 0.6) is 5.75 Å². The quantitative estimate of drug-likeness (QED) is 0.747. The zero-order chi connectivity index (χ0) is 19.9. The van der Waals surface area contributed by atoms with Crippen LogP contribution in [0.15, 0.2) is 53.4 Å². The molecule has 0 aliphatic carbocycles. The number of rotatable bonds is 4. The topological polar surface area (TPSA) is 80.8 Å². The molecule has 0 saturated carbocycles. The minimum absolute atomic E-state index is 0.116. The number of benzene rings is 2. The van der Waals surface area contributed by atoms with Crippen LogP contribution in [0.1, 0.15) is 11.1 Å². The van der Waals surface area contributed by atoms with Gasteiger partial charge in [-0.15, -0.1) is 0 Å². The molecule has 4 rings (SSSR count). The Kier molecular flexibility index (Phi) is 4.97. The lowest BCUT2D eigenvalue weighted by Gasteiger charge is -2.35. The van der Waals surface area contributed by atoms with Gasteiger partial charge in [-0.3, -0.25) is 4.90 Å². The Morgan fingerprint density at radius 3 is 2.36 bits per heavy atom. The number of hydrogen-bond donors (Lipinski definition) is 0.